The summed E-state index contributed by atoms with van der Waals surface area (Å²) >= 11 is 0. The summed E-state index contributed by atoms with van der Waals surface area (Å²) in [4.78, 5) is 0. The first-order chi connectivity index (χ1) is 10.9. The topological polar surface area (TPSA) is 38.7 Å². The molecule has 1 saturated heterocycles. The van der Waals surface area contributed by atoms with Crippen molar-refractivity contribution in [3.8, 4) is 0 Å². The molecule has 4 atom stereocenters. The molecule has 0 amide bonds. The summed E-state index contributed by atoms with van der Waals surface area (Å²) in [6, 6.07) is 10.4. The van der Waals surface area contributed by atoms with Gasteiger partial charge in [-0.3, -0.25) is 0 Å². The quantitative estimate of drug-likeness (QED) is 0.857. The Balaban J connectivity index is 1.89. The summed E-state index contributed by atoms with van der Waals surface area (Å²) in [6.45, 7) is 9.30. The molecule has 0 spiro atoms. The molecule has 0 radical (unpaired) electrons. The van der Waals surface area contributed by atoms with E-state index >= 15 is 0 Å². The monoisotopic (exact) mass is 316 g/mol. The third-order valence-electron chi connectivity index (χ3n) is 5.13. The fraction of sp³-hybridized carbons (Fsp3) is 0.600. The minimum atomic E-state index is -0.406. The molecule has 3 heteroatoms. The molecule has 2 aliphatic heterocycles. The van der Waals surface area contributed by atoms with Gasteiger partial charge in [-0.25, -0.2) is 0 Å². The maximum absolute atomic E-state index is 10.0. The normalized spacial score (nSPS) is 31.8. The standard InChI is InChI=1S/C20H28O3/c1-14-11-20(12-21)13-22-16(14)10-17(20)23-18(19(2,3)4)15-8-6-5-7-9-15/h5-9,11,16-18,21H,10,12-13H2,1-4H3/t16-,17-,18-,20-/m0/s1. The molecule has 0 unspecified atom stereocenters. The lowest BCUT2D eigenvalue weighted by Gasteiger charge is -2.50. The molecule has 1 aliphatic carbocycles. The Hall–Kier alpha value is -1.16. The van der Waals surface area contributed by atoms with E-state index in [1.165, 1.54) is 11.1 Å². The van der Waals surface area contributed by atoms with Gasteiger partial charge in [-0.05, 0) is 23.5 Å². The maximum Gasteiger partial charge on any atom is 0.0877 e. The lowest BCUT2D eigenvalue weighted by molar-refractivity contribution is -0.191. The van der Waals surface area contributed by atoms with Gasteiger partial charge in [0.05, 0.1) is 36.9 Å². The highest BCUT2D eigenvalue weighted by atomic mass is 16.5. The molecule has 3 aliphatic rings. The Labute approximate surface area is 139 Å². The summed E-state index contributed by atoms with van der Waals surface area (Å²) < 4.78 is 12.5. The number of ether oxygens (including phenoxy) is 2. The van der Waals surface area contributed by atoms with E-state index in [0.29, 0.717) is 6.61 Å². The van der Waals surface area contributed by atoms with Crippen molar-refractivity contribution >= 4 is 0 Å². The Bertz CT molecular complexity index is 572. The van der Waals surface area contributed by atoms with Crippen molar-refractivity contribution in [2.45, 2.75) is 52.4 Å². The first-order valence-corrected chi connectivity index (χ1v) is 8.48. The van der Waals surface area contributed by atoms with Crippen molar-refractivity contribution in [3.63, 3.8) is 0 Å². The van der Waals surface area contributed by atoms with Gasteiger partial charge < -0.3 is 14.6 Å². The van der Waals surface area contributed by atoms with E-state index in [4.69, 9.17) is 9.47 Å². The molecule has 0 aromatic heterocycles. The smallest absolute Gasteiger partial charge is 0.0877 e. The van der Waals surface area contributed by atoms with Crippen LogP contribution in [0.5, 0.6) is 0 Å². The fourth-order valence-electron chi connectivity index (χ4n) is 3.80. The minimum Gasteiger partial charge on any atom is -0.395 e. The van der Waals surface area contributed by atoms with Crippen LogP contribution >= 0.6 is 0 Å². The summed E-state index contributed by atoms with van der Waals surface area (Å²) in [7, 11) is 0. The van der Waals surface area contributed by atoms with Crippen molar-refractivity contribution in [3.05, 3.63) is 47.5 Å². The highest BCUT2D eigenvalue weighted by molar-refractivity contribution is 5.24. The van der Waals surface area contributed by atoms with E-state index in [0.717, 1.165) is 6.42 Å². The van der Waals surface area contributed by atoms with Gasteiger partial charge in [-0.15, -0.1) is 0 Å². The van der Waals surface area contributed by atoms with Gasteiger partial charge >= 0.3 is 0 Å². The third kappa shape index (κ3) is 3.10. The Morgan fingerprint density at radius 3 is 2.57 bits per heavy atom. The third-order valence-corrected chi connectivity index (χ3v) is 5.13. The number of benzene rings is 1. The average molecular weight is 316 g/mol. The lowest BCUT2D eigenvalue weighted by Crippen LogP contribution is -2.54. The lowest BCUT2D eigenvalue weighted by atomic mass is 9.71. The van der Waals surface area contributed by atoms with E-state index in [-0.39, 0.29) is 30.3 Å². The van der Waals surface area contributed by atoms with Crippen LogP contribution in [0, 0.1) is 10.8 Å². The number of rotatable bonds is 4. The molecule has 2 bridgehead atoms. The SMILES string of the molecule is CC1=C[C@]2(CO)CO[C@H]1C[C@@H]2O[C@@H](c1ccccc1)C(C)(C)C. The van der Waals surface area contributed by atoms with E-state index < -0.39 is 5.41 Å². The molecule has 2 heterocycles. The average Bonchev–Trinajstić information content (AvgIpc) is 2.53. The van der Waals surface area contributed by atoms with Crippen LogP contribution < -0.4 is 0 Å². The van der Waals surface area contributed by atoms with Crippen LogP contribution in [-0.2, 0) is 9.47 Å². The van der Waals surface area contributed by atoms with E-state index in [1.807, 2.05) is 6.07 Å². The van der Waals surface area contributed by atoms with Gasteiger partial charge in [-0.2, -0.15) is 0 Å². The highest BCUT2D eigenvalue weighted by Gasteiger charge is 2.49. The first kappa shape index (κ1) is 16.7. The number of aliphatic hydroxyl groups is 1. The molecule has 23 heavy (non-hydrogen) atoms. The molecule has 1 fully saturated rings. The minimum absolute atomic E-state index is 0.00909. The maximum atomic E-state index is 10.0. The van der Waals surface area contributed by atoms with Crippen molar-refractivity contribution in [2.75, 3.05) is 13.2 Å². The molecule has 0 saturated carbocycles. The molecular formula is C20H28O3. The van der Waals surface area contributed by atoms with Crippen molar-refractivity contribution < 1.29 is 14.6 Å². The molecule has 126 valence electrons. The van der Waals surface area contributed by atoms with Crippen molar-refractivity contribution in [1.29, 1.82) is 0 Å². The molecule has 4 rings (SSSR count). The zero-order valence-electron chi connectivity index (χ0n) is 14.6. The first-order valence-electron chi connectivity index (χ1n) is 8.48. The van der Waals surface area contributed by atoms with Gasteiger partial charge in [0.25, 0.3) is 0 Å². The fourth-order valence-corrected chi connectivity index (χ4v) is 3.80. The number of aliphatic hydroxyl groups excluding tert-OH is 1. The van der Waals surface area contributed by atoms with Crippen LogP contribution in [0.4, 0.5) is 0 Å². The summed E-state index contributed by atoms with van der Waals surface area (Å²) in [6.07, 6.45) is 3.11. The van der Waals surface area contributed by atoms with Crippen molar-refractivity contribution in [2.24, 2.45) is 10.8 Å². The Morgan fingerprint density at radius 2 is 2.00 bits per heavy atom. The molecule has 1 aromatic rings. The van der Waals surface area contributed by atoms with Gasteiger partial charge in [0.2, 0.25) is 0 Å². The summed E-state index contributed by atoms with van der Waals surface area (Å²) in [5.41, 5.74) is 1.99. The molecule has 1 aromatic carbocycles. The largest absolute Gasteiger partial charge is 0.395 e. The van der Waals surface area contributed by atoms with E-state index in [9.17, 15) is 5.11 Å². The number of hydrogen-bond acceptors (Lipinski definition) is 3. The predicted molar refractivity (Wildman–Crippen MR) is 91.1 cm³/mol. The van der Waals surface area contributed by atoms with Gasteiger partial charge in [0.15, 0.2) is 0 Å². The van der Waals surface area contributed by atoms with Crippen LogP contribution in [0.2, 0.25) is 0 Å². The van der Waals surface area contributed by atoms with Crippen LogP contribution in [-0.4, -0.2) is 30.5 Å². The zero-order chi connectivity index (χ0) is 16.7. The van der Waals surface area contributed by atoms with Gasteiger partial charge in [0, 0.05) is 6.42 Å². The second kappa shape index (κ2) is 6.04. The van der Waals surface area contributed by atoms with Crippen LogP contribution in [0.3, 0.4) is 0 Å². The van der Waals surface area contributed by atoms with Crippen LogP contribution in [0.15, 0.2) is 42.0 Å². The van der Waals surface area contributed by atoms with Crippen LogP contribution in [0.1, 0.15) is 45.8 Å². The number of fused-ring (bicyclic) bond motifs is 2. The molecular weight excluding hydrogens is 288 g/mol. The molecule has 3 nitrogen and oxygen atoms in total. The second-order valence-electron chi connectivity index (χ2n) is 8.10. The molecule has 1 N–H and O–H groups in total. The Morgan fingerprint density at radius 1 is 1.30 bits per heavy atom. The predicted octanol–water partition coefficient (Wildman–Crippen LogP) is 3.89. The van der Waals surface area contributed by atoms with Crippen LogP contribution in [0.25, 0.3) is 0 Å². The van der Waals surface area contributed by atoms with E-state index in [1.54, 1.807) is 0 Å². The van der Waals surface area contributed by atoms with Gasteiger partial charge in [-0.1, -0.05) is 57.2 Å². The highest BCUT2D eigenvalue weighted by Crippen LogP contribution is 2.47. The second-order valence-corrected chi connectivity index (χ2v) is 8.10. The van der Waals surface area contributed by atoms with Crippen molar-refractivity contribution in [1.82, 2.24) is 0 Å². The summed E-state index contributed by atoms with van der Waals surface area (Å²) in [5, 5.41) is 10.0. The Kier molecular flexibility index (Phi) is 4.39. The summed E-state index contributed by atoms with van der Waals surface area (Å²) in [5.74, 6) is 0. The van der Waals surface area contributed by atoms with E-state index in [2.05, 4.69) is 58.0 Å². The van der Waals surface area contributed by atoms with Gasteiger partial charge in [0.1, 0.15) is 0 Å². The number of hydrogen-bond donors (Lipinski definition) is 1. The zero-order valence-corrected chi connectivity index (χ0v) is 14.6.